The van der Waals surface area contributed by atoms with Crippen LogP contribution in [0.2, 0.25) is 0 Å². The number of benzene rings is 1. The van der Waals surface area contributed by atoms with Crippen molar-refractivity contribution in [3.63, 3.8) is 0 Å². The second kappa shape index (κ2) is 8.96. The fraction of sp³-hybridized carbons (Fsp3) is 0.476. The van der Waals surface area contributed by atoms with Gasteiger partial charge in [0.25, 0.3) is 0 Å². The second-order valence-corrected chi connectivity index (χ2v) is 12.8. The largest absolute Gasteiger partial charge is 0.480 e. The maximum Gasteiger partial charge on any atom is 0.341 e. The standard InChI is InChI=1S/C21H25N5O8S2/c1-21(2)14(18(29)30)26-16(28)13(17(26)35-21)22-15(27)12(11-7-5-4-6-8-11)23-19(31)24-9-10-25(20(24)32)36(3,33)34/h4-8,12-14,17H,9-10H2,1-3H3,(H,22,27)(H,23,31)(H,29,30)/t12-,13-,14+,17+/m0/s1. The van der Waals surface area contributed by atoms with E-state index in [1.807, 2.05) is 0 Å². The van der Waals surface area contributed by atoms with Crippen LogP contribution in [0.3, 0.4) is 0 Å². The van der Waals surface area contributed by atoms with Crippen molar-refractivity contribution in [3.05, 3.63) is 35.9 Å². The molecule has 1 aromatic carbocycles. The molecule has 3 saturated heterocycles. The normalized spacial score (nSPS) is 25.8. The van der Waals surface area contributed by atoms with E-state index in [4.69, 9.17) is 0 Å². The third-order valence-corrected chi connectivity index (χ3v) is 8.96. The van der Waals surface area contributed by atoms with Crippen molar-refractivity contribution in [2.45, 2.75) is 42.1 Å². The van der Waals surface area contributed by atoms with Crippen molar-refractivity contribution < 1.29 is 37.5 Å². The molecule has 0 spiro atoms. The zero-order chi connectivity index (χ0) is 26.6. The number of carbonyl (C=O) groups is 5. The Morgan fingerprint density at radius 3 is 2.33 bits per heavy atom. The van der Waals surface area contributed by atoms with Gasteiger partial charge in [0.05, 0.1) is 19.3 Å². The molecule has 36 heavy (non-hydrogen) atoms. The number of β-lactam (4-membered cyclic amide) rings is 1. The number of aliphatic carboxylic acids is 1. The van der Waals surface area contributed by atoms with Crippen molar-refractivity contribution in [2.24, 2.45) is 0 Å². The van der Waals surface area contributed by atoms with E-state index < -0.39 is 68.1 Å². The fourth-order valence-corrected chi connectivity index (χ4v) is 6.96. The molecular weight excluding hydrogens is 514 g/mol. The molecule has 0 bridgehead atoms. The number of fused-ring (bicyclic) bond motifs is 1. The Balaban J connectivity index is 1.51. The summed E-state index contributed by atoms with van der Waals surface area (Å²) in [4.78, 5) is 65.0. The van der Waals surface area contributed by atoms with Crippen molar-refractivity contribution in [1.29, 1.82) is 0 Å². The van der Waals surface area contributed by atoms with Crippen molar-refractivity contribution in [3.8, 4) is 0 Å². The molecule has 13 nitrogen and oxygen atoms in total. The molecule has 4 atom stereocenters. The molecule has 3 aliphatic heterocycles. The van der Waals surface area contributed by atoms with Crippen LogP contribution in [0.5, 0.6) is 0 Å². The SMILES string of the molecule is CC1(C)S[C@@H]2[C@@H](NC(=O)[C@@H](NC(=O)N3CCN(S(C)(=O)=O)C3=O)c3ccccc3)C(=O)N2[C@@H]1C(=O)O. The van der Waals surface area contributed by atoms with Crippen molar-refractivity contribution >= 4 is 51.6 Å². The summed E-state index contributed by atoms with van der Waals surface area (Å²) in [6, 6.07) is 2.76. The Morgan fingerprint density at radius 1 is 1.14 bits per heavy atom. The smallest absolute Gasteiger partial charge is 0.341 e. The zero-order valence-electron chi connectivity index (χ0n) is 19.6. The molecular formula is C21H25N5O8S2. The Morgan fingerprint density at radius 2 is 1.78 bits per heavy atom. The first-order valence-corrected chi connectivity index (χ1v) is 13.6. The van der Waals surface area contributed by atoms with Gasteiger partial charge in [0.2, 0.25) is 21.8 Å². The molecule has 0 saturated carbocycles. The summed E-state index contributed by atoms with van der Waals surface area (Å²) in [5.74, 6) is -2.42. The number of rotatable bonds is 6. The highest BCUT2D eigenvalue weighted by atomic mass is 32.2. The lowest BCUT2D eigenvalue weighted by molar-refractivity contribution is -0.161. The van der Waals surface area contributed by atoms with Gasteiger partial charge < -0.3 is 20.6 Å². The maximum atomic E-state index is 13.3. The third-order valence-electron chi connectivity index (χ3n) is 6.25. The lowest BCUT2D eigenvalue weighted by atomic mass is 9.95. The zero-order valence-corrected chi connectivity index (χ0v) is 21.2. The minimum atomic E-state index is -3.87. The molecule has 194 valence electrons. The van der Waals surface area contributed by atoms with Crippen LogP contribution in [-0.2, 0) is 24.4 Å². The first-order valence-electron chi connectivity index (χ1n) is 10.9. The summed E-state index contributed by atoms with van der Waals surface area (Å²) >= 11 is 1.26. The second-order valence-electron chi connectivity index (χ2n) is 9.15. The van der Waals surface area contributed by atoms with Gasteiger partial charge in [-0.15, -0.1) is 11.8 Å². The maximum absolute atomic E-state index is 13.3. The summed E-state index contributed by atoms with van der Waals surface area (Å²) in [5, 5.41) is 14.0. The number of carboxylic acid groups (broad SMARTS) is 1. The van der Waals surface area contributed by atoms with Crippen LogP contribution in [0.1, 0.15) is 25.5 Å². The number of imide groups is 1. The summed E-state index contributed by atoms with van der Waals surface area (Å²) in [5.41, 5.74) is 0.362. The van der Waals surface area contributed by atoms with Gasteiger partial charge in [0, 0.05) is 4.75 Å². The van der Waals surface area contributed by atoms with E-state index >= 15 is 0 Å². The number of carbonyl (C=O) groups excluding carboxylic acids is 4. The molecule has 6 amide bonds. The summed E-state index contributed by atoms with van der Waals surface area (Å²) in [7, 11) is -3.87. The van der Waals surface area contributed by atoms with Gasteiger partial charge in [0.1, 0.15) is 23.5 Å². The quantitative estimate of drug-likeness (QED) is 0.413. The van der Waals surface area contributed by atoms with Crippen LogP contribution in [0.4, 0.5) is 9.59 Å². The van der Waals surface area contributed by atoms with Gasteiger partial charge in [-0.25, -0.2) is 32.0 Å². The highest BCUT2D eigenvalue weighted by Crippen LogP contribution is 2.50. The molecule has 1 aromatic rings. The van der Waals surface area contributed by atoms with E-state index in [0.717, 1.165) is 6.26 Å². The minimum absolute atomic E-state index is 0.193. The van der Waals surface area contributed by atoms with E-state index in [0.29, 0.717) is 14.8 Å². The van der Waals surface area contributed by atoms with Crippen molar-refractivity contribution in [2.75, 3.05) is 19.3 Å². The molecule has 0 aromatic heterocycles. The molecule has 0 radical (unpaired) electrons. The van der Waals surface area contributed by atoms with Gasteiger partial charge >= 0.3 is 18.0 Å². The monoisotopic (exact) mass is 539 g/mol. The molecule has 3 N–H and O–H groups in total. The van der Waals surface area contributed by atoms with E-state index in [9.17, 15) is 37.5 Å². The number of nitrogens with one attached hydrogen (secondary N) is 2. The lowest BCUT2D eigenvalue weighted by Gasteiger charge is -2.44. The van der Waals surface area contributed by atoms with Crippen LogP contribution < -0.4 is 10.6 Å². The number of amides is 6. The van der Waals surface area contributed by atoms with Crippen LogP contribution in [0.15, 0.2) is 30.3 Å². The van der Waals surface area contributed by atoms with E-state index in [1.165, 1.54) is 16.7 Å². The number of urea groups is 2. The Kier molecular flexibility index (Phi) is 6.41. The number of carboxylic acids is 1. The fourth-order valence-electron chi connectivity index (χ4n) is 4.54. The highest BCUT2D eigenvalue weighted by molar-refractivity contribution is 8.01. The Hall–Kier alpha value is -3.33. The molecule has 0 aliphatic carbocycles. The first kappa shape index (κ1) is 25.8. The number of hydrogen-bond acceptors (Lipinski definition) is 8. The van der Waals surface area contributed by atoms with Gasteiger partial charge in [-0.1, -0.05) is 30.3 Å². The molecule has 3 aliphatic rings. The summed E-state index contributed by atoms with van der Waals surface area (Å²) in [6.07, 6.45) is 0.850. The molecule has 4 rings (SSSR count). The first-order chi connectivity index (χ1) is 16.7. The van der Waals surface area contributed by atoms with Crippen LogP contribution in [-0.4, -0.2) is 99.0 Å². The summed E-state index contributed by atoms with van der Waals surface area (Å²) < 4.78 is 23.3. The predicted molar refractivity (Wildman–Crippen MR) is 127 cm³/mol. The summed E-state index contributed by atoms with van der Waals surface area (Å²) in [6.45, 7) is 3.02. The number of thioether (sulfide) groups is 1. The van der Waals surface area contributed by atoms with Gasteiger partial charge in [-0.05, 0) is 19.4 Å². The molecule has 3 fully saturated rings. The molecule has 3 heterocycles. The number of hydrogen-bond donors (Lipinski definition) is 3. The van der Waals surface area contributed by atoms with Gasteiger partial charge in [-0.3, -0.25) is 9.59 Å². The van der Waals surface area contributed by atoms with Gasteiger partial charge in [-0.2, -0.15) is 0 Å². The topological polar surface area (TPSA) is 173 Å². The van der Waals surface area contributed by atoms with E-state index in [-0.39, 0.29) is 13.1 Å². The Bertz CT molecular complexity index is 1240. The molecule has 0 unspecified atom stereocenters. The highest BCUT2D eigenvalue weighted by Gasteiger charge is 2.64. The van der Waals surface area contributed by atoms with Crippen molar-refractivity contribution in [1.82, 2.24) is 24.7 Å². The predicted octanol–water partition coefficient (Wildman–Crippen LogP) is -0.234. The van der Waals surface area contributed by atoms with Crippen LogP contribution >= 0.6 is 11.8 Å². The van der Waals surface area contributed by atoms with Gasteiger partial charge in [0.15, 0.2) is 0 Å². The Labute approximate surface area is 211 Å². The van der Waals surface area contributed by atoms with E-state index in [2.05, 4.69) is 10.6 Å². The minimum Gasteiger partial charge on any atom is -0.480 e. The average Bonchev–Trinajstić information content (AvgIpc) is 3.31. The molecule has 15 heteroatoms. The van der Waals surface area contributed by atoms with Crippen LogP contribution in [0, 0.1) is 0 Å². The average molecular weight is 540 g/mol. The van der Waals surface area contributed by atoms with Crippen LogP contribution in [0.25, 0.3) is 0 Å². The third kappa shape index (κ3) is 4.36. The van der Waals surface area contributed by atoms with E-state index in [1.54, 1.807) is 44.2 Å². The lowest BCUT2D eigenvalue weighted by Crippen LogP contribution is -2.71. The number of sulfonamides is 1. The number of nitrogens with zero attached hydrogens (tertiary/aromatic N) is 3.